The average molecular weight is 1160 g/mol. The Kier molecular flexibility index (Phi) is 25.8. The lowest BCUT2D eigenvalue weighted by atomic mass is 9.72. The van der Waals surface area contributed by atoms with Crippen LogP contribution in [0.1, 0.15) is 278 Å². The lowest BCUT2D eigenvalue weighted by Crippen LogP contribution is -2.21. The Labute approximate surface area is 532 Å². The Morgan fingerprint density at radius 1 is 0.276 bits per heavy atom. The zero-order valence-electron chi connectivity index (χ0n) is 58.6. The molecule has 0 aliphatic heterocycles. The van der Waals surface area contributed by atoms with Crippen molar-refractivity contribution in [2.24, 2.45) is 0 Å². The van der Waals surface area contributed by atoms with Crippen LogP contribution in [0.2, 0.25) is 0 Å². The van der Waals surface area contributed by atoms with Gasteiger partial charge in [0.1, 0.15) is 0 Å². The summed E-state index contributed by atoms with van der Waals surface area (Å²) in [7, 11) is 0. The summed E-state index contributed by atoms with van der Waals surface area (Å²) in [6, 6.07) is 76.0. The summed E-state index contributed by atoms with van der Waals surface area (Å²) in [5, 5.41) is 0. The van der Waals surface area contributed by atoms with Crippen LogP contribution in [0.15, 0.2) is 200 Å². The summed E-state index contributed by atoms with van der Waals surface area (Å²) >= 11 is 0. The Morgan fingerprint density at radius 3 is 0.954 bits per heavy atom. The van der Waals surface area contributed by atoms with Crippen LogP contribution >= 0.6 is 0 Å². The van der Waals surface area contributed by atoms with Crippen LogP contribution in [0.4, 0.5) is 0 Å². The highest BCUT2D eigenvalue weighted by atomic mass is 14.4. The van der Waals surface area contributed by atoms with Crippen molar-refractivity contribution in [3.05, 3.63) is 317 Å². The third kappa shape index (κ3) is 16.8. The first-order valence-electron chi connectivity index (χ1n) is 33.2. The molecule has 0 saturated heterocycles. The van der Waals surface area contributed by atoms with Gasteiger partial charge >= 0.3 is 0 Å². The molecular weight excluding hydrogens is 1040 g/mol. The molecule has 0 bridgehead atoms. The van der Waals surface area contributed by atoms with Crippen molar-refractivity contribution in [3.8, 4) is 0 Å². The predicted octanol–water partition coefficient (Wildman–Crippen LogP) is 25.3. The highest BCUT2D eigenvalue weighted by Gasteiger charge is 2.31. The lowest BCUT2D eigenvalue weighted by Gasteiger charge is -2.32. The fraction of sp³-hybridized carbons (Fsp3) is 0.379. The number of hydrogen-bond donors (Lipinski definition) is 0. The Balaban J connectivity index is 0.000000887. The molecule has 0 saturated carbocycles. The minimum Gasteiger partial charge on any atom is -0.0683 e. The third-order valence-electron chi connectivity index (χ3n) is 19.0. The molecule has 9 aromatic carbocycles. The van der Waals surface area contributed by atoms with Crippen molar-refractivity contribution < 1.29 is 0 Å². The van der Waals surface area contributed by atoms with E-state index in [0.717, 1.165) is 6.42 Å². The molecule has 0 aromatic heterocycles. The maximum Gasteiger partial charge on any atom is 0.0146 e. The SMILES string of the molecule is CC.CC.CC.CCc1ccccc1.Cc1ccc(C(C)(C)c2cc(C(C)c3ccccc3)c(C)c(C(C)c3cccc(C(C)c4cc(C(C)(C)c5ccc(C)c(C(C)c6ccc(C(C)(C)C)cc6)c5)cc(C(C)c5ccccc5)c4C)c3)c2)cc1C. The second-order valence-electron chi connectivity index (χ2n) is 26.0. The maximum atomic E-state index is 2.56. The first-order valence-corrected chi connectivity index (χ1v) is 33.2. The highest BCUT2D eigenvalue weighted by Crippen LogP contribution is 2.44. The first-order chi connectivity index (χ1) is 41.4. The van der Waals surface area contributed by atoms with Gasteiger partial charge in [-0.25, -0.2) is 0 Å². The number of benzene rings is 9. The van der Waals surface area contributed by atoms with E-state index in [-0.39, 0.29) is 45.8 Å². The zero-order chi connectivity index (χ0) is 64.6. The Morgan fingerprint density at radius 2 is 0.586 bits per heavy atom. The molecule has 0 aliphatic rings. The zero-order valence-corrected chi connectivity index (χ0v) is 58.6. The minimum atomic E-state index is -0.260. The van der Waals surface area contributed by atoms with Crippen molar-refractivity contribution in [2.45, 2.75) is 218 Å². The highest BCUT2D eigenvalue weighted by molar-refractivity contribution is 5.56. The lowest BCUT2D eigenvalue weighted by molar-refractivity contribution is 0.590. The van der Waals surface area contributed by atoms with E-state index in [0.29, 0.717) is 0 Å². The molecule has 0 aliphatic carbocycles. The Hall–Kier alpha value is -7.02. The van der Waals surface area contributed by atoms with Crippen molar-refractivity contribution in [1.82, 2.24) is 0 Å². The van der Waals surface area contributed by atoms with Crippen LogP contribution in [-0.2, 0) is 22.7 Å². The summed E-state index contributed by atoms with van der Waals surface area (Å²) < 4.78 is 0. The van der Waals surface area contributed by atoms with E-state index in [4.69, 9.17) is 0 Å². The normalized spacial score (nSPS) is 13.1. The van der Waals surface area contributed by atoms with Crippen molar-refractivity contribution in [3.63, 3.8) is 0 Å². The molecule has 0 heterocycles. The molecule has 87 heavy (non-hydrogen) atoms. The first kappa shape index (κ1) is 70.7. The van der Waals surface area contributed by atoms with Gasteiger partial charge in [-0.3, -0.25) is 0 Å². The molecule has 5 atom stereocenters. The molecule has 9 aromatic rings. The summed E-state index contributed by atoms with van der Waals surface area (Å²) in [5.74, 6) is 1.10. The van der Waals surface area contributed by atoms with Crippen LogP contribution in [0.3, 0.4) is 0 Å². The van der Waals surface area contributed by atoms with E-state index in [9.17, 15) is 0 Å². The molecule has 0 nitrogen and oxygen atoms in total. The standard InChI is InChI=1S/C73H84.C8H10.3C2H6/c1-46-31-35-62(39-48(46)3)72(14,15)64-42-67(50(5)56-25-20-18-21-26-56)54(9)69(44-64)52(7)59-29-24-30-60(40-59)53(8)70-45-65(43-68(55(70)10)51(6)57-27-22-19-23-28-57)73(16,17)63-36-32-47(2)66(41-63)49(4)58-33-37-61(38-34-58)71(11,12)13;1-2-8-6-4-3-5-7-8;3*1-2/h18-45,49-53H,1-17H3;3-7H,2H2,1H3;3*1-2H3. The van der Waals surface area contributed by atoms with E-state index in [1.165, 1.54) is 117 Å². The Bertz CT molecular complexity index is 3540. The quantitative estimate of drug-likeness (QED) is 0.0960. The summed E-state index contributed by atoms with van der Waals surface area (Å²) in [4.78, 5) is 0. The topological polar surface area (TPSA) is 0 Å². The smallest absolute Gasteiger partial charge is 0.0146 e. The maximum absolute atomic E-state index is 2.56. The molecular formula is C87H112. The molecule has 0 N–H and O–H groups in total. The van der Waals surface area contributed by atoms with Gasteiger partial charge in [0.25, 0.3) is 0 Å². The number of aryl methyl sites for hydroxylation is 4. The summed E-state index contributed by atoms with van der Waals surface area (Å²) in [6.45, 7) is 54.2. The predicted molar refractivity (Wildman–Crippen MR) is 386 cm³/mol. The van der Waals surface area contributed by atoms with E-state index in [2.05, 4.69) is 319 Å². The molecule has 5 unspecified atom stereocenters. The van der Waals surface area contributed by atoms with Gasteiger partial charge in [0, 0.05) is 40.4 Å². The fourth-order valence-electron chi connectivity index (χ4n) is 12.5. The van der Waals surface area contributed by atoms with Gasteiger partial charge in [0.2, 0.25) is 0 Å². The fourth-order valence-corrected chi connectivity index (χ4v) is 12.5. The van der Waals surface area contributed by atoms with Gasteiger partial charge in [-0.05, 0) is 163 Å². The van der Waals surface area contributed by atoms with E-state index >= 15 is 0 Å². The molecule has 0 fully saturated rings. The summed E-state index contributed by atoms with van der Waals surface area (Å²) in [5.41, 5.74) is 28.5. The average Bonchev–Trinajstić information content (AvgIpc) is 1.45. The molecule has 0 radical (unpaired) electrons. The van der Waals surface area contributed by atoms with Crippen LogP contribution in [-0.4, -0.2) is 0 Å². The molecule has 9 rings (SSSR count). The molecule has 0 heteroatoms. The summed E-state index contributed by atoms with van der Waals surface area (Å²) in [6.07, 6.45) is 1.14. The minimum absolute atomic E-state index is 0.126. The van der Waals surface area contributed by atoms with Gasteiger partial charge in [-0.1, -0.05) is 332 Å². The van der Waals surface area contributed by atoms with Crippen molar-refractivity contribution in [2.75, 3.05) is 0 Å². The van der Waals surface area contributed by atoms with Gasteiger partial charge in [-0.15, -0.1) is 0 Å². The van der Waals surface area contributed by atoms with Crippen LogP contribution in [0.5, 0.6) is 0 Å². The second kappa shape index (κ2) is 31.8. The van der Waals surface area contributed by atoms with Crippen LogP contribution in [0, 0.1) is 34.6 Å². The molecule has 0 amide bonds. The van der Waals surface area contributed by atoms with Gasteiger partial charge in [0.15, 0.2) is 0 Å². The van der Waals surface area contributed by atoms with Crippen molar-refractivity contribution >= 4 is 0 Å². The van der Waals surface area contributed by atoms with E-state index in [1.807, 2.05) is 47.6 Å². The molecule has 460 valence electrons. The van der Waals surface area contributed by atoms with Gasteiger partial charge in [-0.2, -0.15) is 0 Å². The molecule has 0 spiro atoms. The van der Waals surface area contributed by atoms with Crippen LogP contribution < -0.4 is 0 Å². The van der Waals surface area contributed by atoms with E-state index in [1.54, 1.807) is 0 Å². The number of hydrogen-bond acceptors (Lipinski definition) is 0. The third-order valence-corrected chi connectivity index (χ3v) is 19.0. The largest absolute Gasteiger partial charge is 0.0683 e. The second-order valence-corrected chi connectivity index (χ2v) is 26.0. The van der Waals surface area contributed by atoms with Crippen LogP contribution in [0.25, 0.3) is 0 Å². The van der Waals surface area contributed by atoms with E-state index < -0.39 is 0 Å². The monoisotopic (exact) mass is 1160 g/mol. The van der Waals surface area contributed by atoms with Gasteiger partial charge in [0.05, 0.1) is 0 Å². The number of rotatable bonds is 15. The van der Waals surface area contributed by atoms with Crippen molar-refractivity contribution in [1.29, 1.82) is 0 Å². The van der Waals surface area contributed by atoms with Gasteiger partial charge < -0.3 is 0 Å².